The van der Waals surface area contributed by atoms with Gasteiger partial charge < -0.3 is 59.4 Å². The molecule has 0 spiro atoms. The zero-order valence-corrected chi connectivity index (χ0v) is 35.6. The van der Waals surface area contributed by atoms with Gasteiger partial charge in [0.1, 0.15) is 0 Å². The van der Waals surface area contributed by atoms with E-state index in [-0.39, 0.29) is 308 Å². The van der Waals surface area contributed by atoms with Gasteiger partial charge in [0.15, 0.2) is 0 Å². The van der Waals surface area contributed by atoms with Crippen molar-refractivity contribution in [3.63, 3.8) is 0 Å². The average Bonchev–Trinajstić information content (AvgIpc) is 2.42. The van der Waals surface area contributed by atoms with E-state index >= 15 is 0 Å². The maximum Gasteiger partial charge on any atom is 1.00 e. The Labute approximate surface area is 423 Å². The first-order valence-electron chi connectivity index (χ1n) is 5.45. The van der Waals surface area contributed by atoms with E-state index in [2.05, 4.69) is 0 Å². The van der Waals surface area contributed by atoms with Crippen LogP contribution < -0.4 is 339 Å². The van der Waals surface area contributed by atoms with Crippen LogP contribution in [0.25, 0.3) is 0 Å². The van der Waals surface area contributed by atoms with Gasteiger partial charge in [0.05, 0.1) is 35.8 Å². The number of carboxylic acids is 6. The van der Waals surface area contributed by atoms with Crippen LogP contribution in [0.15, 0.2) is 0 Å². The fourth-order valence-electron chi connectivity index (χ4n) is 1.97. The Morgan fingerprint density at radius 3 is 0.400 bits per heavy atom. The molecule has 0 fully saturated rings. The molecule has 0 radical (unpaired) electrons. The number of hydrogen-bond acceptors (Lipinski definition) is 12. The summed E-state index contributed by atoms with van der Waals surface area (Å²) in [6, 6.07) is 0. The van der Waals surface area contributed by atoms with E-state index in [0.717, 1.165) is 0 Å². The van der Waals surface area contributed by atoms with Crippen LogP contribution in [0.2, 0.25) is 0 Å². The first-order chi connectivity index (χ1) is 10.9. The van der Waals surface area contributed by atoms with Crippen molar-refractivity contribution >= 4 is 35.8 Å². The third kappa shape index (κ3) is 12.6. The van der Waals surface area contributed by atoms with Crippen molar-refractivity contribution < 1.29 is 368 Å². The number of hydrogen-bond donors (Lipinski definition) is 0. The number of aromatic carboxylic acids is 6. The van der Waals surface area contributed by atoms with Crippen LogP contribution in [0, 0.1) is 0 Å². The standard InChI is InChI=1S/C12H6O12.6K/c13-7(14)1-2(8(15)16)4(10(19)20)6(12(23)24)5(11(21)22)3(1)9(17)18;;;;;;/h(H,13,14)(H,15,16)(H,17,18)(H,19,20)(H,21,22)(H,23,24);;;;;;/q;6*+1/p-6. The van der Waals surface area contributed by atoms with Crippen LogP contribution in [0.3, 0.4) is 0 Å². The molecule has 0 N–H and O–H groups in total. The molecule has 0 amide bonds. The third-order valence-electron chi connectivity index (χ3n) is 2.72. The first-order valence-corrected chi connectivity index (χ1v) is 5.45. The molecule has 0 saturated carbocycles. The minimum absolute atomic E-state index is 0. The second-order valence-electron chi connectivity index (χ2n) is 3.97. The molecule has 0 aliphatic carbocycles. The summed E-state index contributed by atoms with van der Waals surface area (Å²) in [6.07, 6.45) is 0. The topological polar surface area (TPSA) is 241 Å². The molecule has 126 valence electrons. The molecular formula is C12K6O12. The summed E-state index contributed by atoms with van der Waals surface area (Å²) in [6.45, 7) is 0. The Balaban J connectivity index is -0.000000240. The van der Waals surface area contributed by atoms with E-state index in [1.165, 1.54) is 0 Å². The number of carbonyl (C=O) groups is 6. The van der Waals surface area contributed by atoms with Crippen molar-refractivity contribution in [3.8, 4) is 0 Å². The molecule has 30 heavy (non-hydrogen) atoms. The van der Waals surface area contributed by atoms with Crippen molar-refractivity contribution in [1.82, 2.24) is 0 Å². The Morgan fingerprint density at radius 2 is 0.367 bits per heavy atom. The quantitative estimate of drug-likeness (QED) is 0.289. The van der Waals surface area contributed by atoms with Crippen molar-refractivity contribution in [2.75, 3.05) is 0 Å². The second kappa shape index (κ2) is 22.8. The zero-order chi connectivity index (χ0) is 18.9. The number of rotatable bonds is 6. The van der Waals surface area contributed by atoms with Gasteiger partial charge in [-0.2, -0.15) is 0 Å². The second-order valence-corrected chi connectivity index (χ2v) is 3.97. The van der Waals surface area contributed by atoms with Gasteiger partial charge in [-0.1, -0.05) is 0 Å². The van der Waals surface area contributed by atoms with Crippen molar-refractivity contribution in [2.24, 2.45) is 0 Å². The molecular weight excluding hydrogens is 571 g/mol. The third-order valence-corrected chi connectivity index (χ3v) is 2.72. The fourth-order valence-corrected chi connectivity index (χ4v) is 1.97. The molecule has 1 aromatic carbocycles. The summed E-state index contributed by atoms with van der Waals surface area (Å²) in [7, 11) is 0. The summed E-state index contributed by atoms with van der Waals surface area (Å²) in [5.41, 5.74) is -12.0. The van der Waals surface area contributed by atoms with Gasteiger partial charge in [0.25, 0.3) is 0 Å². The molecule has 12 nitrogen and oxygen atoms in total. The summed E-state index contributed by atoms with van der Waals surface area (Å²) in [5, 5.41) is 66.0. The fraction of sp³-hybridized carbons (Fsp3) is 0. The molecule has 1 aromatic rings. The van der Waals surface area contributed by atoms with E-state index in [4.69, 9.17) is 0 Å². The van der Waals surface area contributed by atoms with Gasteiger partial charge in [0.2, 0.25) is 0 Å². The Morgan fingerprint density at radius 1 is 0.300 bits per heavy atom. The molecule has 0 bridgehead atoms. The number of carboxylic acid groups (broad SMARTS) is 6. The maximum atomic E-state index is 11.0. The van der Waals surface area contributed by atoms with Crippen LogP contribution in [-0.4, -0.2) is 35.8 Å². The van der Waals surface area contributed by atoms with Gasteiger partial charge in [0, 0.05) is 33.4 Å². The van der Waals surface area contributed by atoms with E-state index in [1.807, 2.05) is 0 Å². The SMILES string of the molecule is O=C([O-])c1c(C(=O)[O-])c(C(=O)[O-])c(C(=O)[O-])c(C(=O)[O-])c1C(=O)[O-].[K+].[K+].[K+].[K+].[K+].[K+]. The molecule has 18 heteroatoms. The number of carbonyl (C=O) groups excluding carboxylic acids is 6. The van der Waals surface area contributed by atoms with Gasteiger partial charge in [-0.25, -0.2) is 0 Å². The molecule has 0 heterocycles. The normalized spacial score (nSPS) is 8.00. The van der Waals surface area contributed by atoms with Crippen molar-refractivity contribution in [2.45, 2.75) is 0 Å². The van der Waals surface area contributed by atoms with E-state index in [0.29, 0.717) is 0 Å². The van der Waals surface area contributed by atoms with Crippen molar-refractivity contribution in [3.05, 3.63) is 33.4 Å². The Kier molecular flexibility index (Phi) is 37.2. The van der Waals surface area contributed by atoms with Crippen LogP contribution in [0.4, 0.5) is 0 Å². The molecule has 0 aromatic heterocycles. The summed E-state index contributed by atoms with van der Waals surface area (Å²) in [5.74, 6) is -16.0. The zero-order valence-electron chi connectivity index (χ0n) is 16.9. The number of benzene rings is 1. The van der Waals surface area contributed by atoms with Gasteiger partial charge in [-0.05, 0) is 0 Å². The van der Waals surface area contributed by atoms with Gasteiger partial charge in [-0.3, -0.25) is 0 Å². The van der Waals surface area contributed by atoms with Crippen LogP contribution >= 0.6 is 0 Å². The van der Waals surface area contributed by atoms with Crippen LogP contribution in [-0.2, 0) is 0 Å². The summed E-state index contributed by atoms with van der Waals surface area (Å²) >= 11 is 0. The largest absolute Gasteiger partial charge is 1.00 e. The van der Waals surface area contributed by atoms with E-state index in [1.54, 1.807) is 0 Å². The van der Waals surface area contributed by atoms with Gasteiger partial charge >= 0.3 is 308 Å². The predicted octanol–water partition coefficient (Wildman–Crippen LogP) is -26.1. The minimum Gasteiger partial charge on any atom is -0.545 e. The Hall–Kier alpha value is 5.86. The van der Waals surface area contributed by atoms with Gasteiger partial charge in [-0.15, -0.1) is 0 Å². The van der Waals surface area contributed by atoms with Crippen LogP contribution in [0.1, 0.15) is 62.1 Å². The Bertz CT molecular complexity index is 655. The monoisotopic (exact) mass is 570 g/mol. The maximum absolute atomic E-state index is 11.0. The first kappa shape index (κ1) is 48.9. The molecule has 1 rings (SSSR count). The minimum atomic E-state index is -2.66. The van der Waals surface area contributed by atoms with E-state index < -0.39 is 69.2 Å². The summed E-state index contributed by atoms with van der Waals surface area (Å²) in [4.78, 5) is 66.0. The molecule has 0 aliphatic heterocycles. The molecule has 0 saturated heterocycles. The smallest absolute Gasteiger partial charge is 0.545 e. The van der Waals surface area contributed by atoms with Crippen LogP contribution in [0.5, 0.6) is 0 Å². The van der Waals surface area contributed by atoms with Crippen molar-refractivity contribution in [1.29, 1.82) is 0 Å². The molecule has 0 aliphatic rings. The molecule has 0 atom stereocenters. The average molecular weight is 571 g/mol. The predicted molar refractivity (Wildman–Crippen MR) is 52.4 cm³/mol. The summed E-state index contributed by atoms with van der Waals surface area (Å²) < 4.78 is 0. The van der Waals surface area contributed by atoms with E-state index in [9.17, 15) is 59.4 Å². The molecule has 0 unspecified atom stereocenters.